The summed E-state index contributed by atoms with van der Waals surface area (Å²) in [7, 11) is 0. The second-order valence-corrected chi connectivity index (χ2v) is 24.2. The van der Waals surface area contributed by atoms with Gasteiger partial charge in [0.25, 0.3) is 5.91 Å². The van der Waals surface area contributed by atoms with Crippen LogP contribution in [0.4, 0.5) is 0 Å². The Balaban J connectivity index is 1.83. The molecule has 3 aromatic rings. The Morgan fingerprint density at radius 2 is 1.02 bits per heavy atom. The van der Waals surface area contributed by atoms with Crippen LogP contribution in [0.25, 0.3) is 10.9 Å². The Morgan fingerprint density at radius 1 is 0.541 bits per heavy atom. The molecular formula is C60H92N19O19+. The zero-order chi connectivity index (χ0) is 73.8. The molecule has 0 radical (unpaired) electrons. The first-order chi connectivity index (χ1) is 46.0. The van der Waals surface area contributed by atoms with E-state index >= 15 is 0 Å². The summed E-state index contributed by atoms with van der Waals surface area (Å²) in [5.41, 5.74) is 26.3. The van der Waals surface area contributed by atoms with E-state index in [-0.39, 0.29) is 44.4 Å². The molecule has 2 heterocycles. The molecule has 0 saturated carbocycles. The number of nitrogens with zero attached hydrogens (tertiary/aromatic N) is 1. The van der Waals surface area contributed by atoms with Gasteiger partial charge >= 0.3 is 5.97 Å². The van der Waals surface area contributed by atoms with Gasteiger partial charge < -0.3 is 112 Å². The number of H-pyrrole nitrogens is 2. The van der Waals surface area contributed by atoms with E-state index in [0.29, 0.717) is 22.2 Å². The van der Waals surface area contributed by atoms with E-state index in [1.165, 1.54) is 26.4 Å². The fourth-order valence-corrected chi connectivity index (χ4v) is 9.68. The number of carbonyl (C=O) groups excluding carboxylic acids is 15. The van der Waals surface area contributed by atoms with Gasteiger partial charge in [-0.15, -0.1) is 0 Å². The second-order valence-electron chi connectivity index (χ2n) is 24.2. The molecule has 0 aliphatic carbocycles. The van der Waals surface area contributed by atoms with Gasteiger partial charge in [-0.2, -0.15) is 0 Å². The van der Waals surface area contributed by atoms with Gasteiger partial charge in [-0.25, -0.2) is 9.78 Å². The highest BCUT2D eigenvalue weighted by Gasteiger charge is 2.39. The van der Waals surface area contributed by atoms with Crippen molar-refractivity contribution in [2.45, 2.75) is 179 Å². The lowest BCUT2D eigenvalue weighted by Crippen LogP contribution is -2.69. The summed E-state index contributed by atoms with van der Waals surface area (Å²) in [6.45, 7) is 8.65. The quantitative estimate of drug-likeness (QED) is 0.0250. The minimum Gasteiger partial charge on any atom is -0.480 e. The van der Waals surface area contributed by atoms with Gasteiger partial charge in [-0.05, 0) is 42.7 Å². The van der Waals surface area contributed by atoms with Crippen molar-refractivity contribution < 1.29 is 97.8 Å². The third-order valence-electron chi connectivity index (χ3n) is 15.3. The average Bonchev–Trinajstić information content (AvgIpc) is 1.58. The number of benzene rings is 1. The summed E-state index contributed by atoms with van der Waals surface area (Å²) in [6.07, 6.45) is -0.802. The third kappa shape index (κ3) is 26.9. The summed E-state index contributed by atoms with van der Waals surface area (Å²) in [6, 6.07) is -11.0. The van der Waals surface area contributed by atoms with Crippen molar-refractivity contribution in [3.8, 4) is 0 Å². The minimum atomic E-state index is -2.04. The smallest absolute Gasteiger partial charge is 0.326 e. The topological polar surface area (TPSA) is 642 Å². The molecule has 0 fully saturated rings. The van der Waals surface area contributed by atoms with Crippen molar-refractivity contribution >= 4 is 105 Å². The number of aromatic amines is 2. The maximum Gasteiger partial charge on any atom is 0.326 e. The number of hydrogen-bond donors (Lipinski definition) is 21. The molecule has 1 aromatic carbocycles. The van der Waals surface area contributed by atoms with Crippen LogP contribution < -0.4 is 87.2 Å². The van der Waals surface area contributed by atoms with E-state index < -0.39 is 211 Å². The van der Waals surface area contributed by atoms with Crippen LogP contribution in [0.3, 0.4) is 0 Å². The number of aliphatic hydroxyl groups excluding tert-OH is 2. The number of carboxylic acid groups (broad SMARTS) is 1. The lowest BCUT2D eigenvalue weighted by molar-refractivity contribution is -0.405. The largest absolute Gasteiger partial charge is 0.480 e. The van der Waals surface area contributed by atoms with E-state index in [2.05, 4.69) is 79.2 Å². The van der Waals surface area contributed by atoms with Gasteiger partial charge in [0, 0.05) is 54.7 Å². The van der Waals surface area contributed by atoms with Gasteiger partial charge in [0.15, 0.2) is 6.04 Å². The molecule has 0 aliphatic heterocycles. The van der Waals surface area contributed by atoms with Crippen LogP contribution in [-0.4, -0.2) is 211 Å². The molecule has 27 N–H and O–H groups in total. The van der Waals surface area contributed by atoms with Crippen LogP contribution in [0.2, 0.25) is 0 Å². The van der Waals surface area contributed by atoms with Crippen molar-refractivity contribution in [3.63, 3.8) is 0 Å². The number of nitrogens with one attached hydrogen (secondary N) is 13. The predicted octanol–water partition coefficient (Wildman–Crippen LogP) is -8.65. The maximum atomic E-state index is 14.5. The molecule has 0 unspecified atom stereocenters. The van der Waals surface area contributed by atoms with E-state index in [4.69, 9.17) is 22.9 Å². The zero-order valence-electron chi connectivity index (χ0n) is 55.3. The second kappa shape index (κ2) is 39.4. The normalized spacial score (nSPS) is 15.2. The van der Waals surface area contributed by atoms with Crippen LogP contribution in [0.1, 0.15) is 105 Å². The van der Waals surface area contributed by atoms with Crippen molar-refractivity contribution in [2.75, 3.05) is 13.2 Å². The molecule has 2 aromatic heterocycles. The Morgan fingerprint density at radius 3 is 1.55 bits per heavy atom. The Labute approximate surface area is 561 Å². The van der Waals surface area contributed by atoms with E-state index in [1.807, 2.05) is 0 Å². The summed E-state index contributed by atoms with van der Waals surface area (Å²) in [4.78, 5) is 221. The highest BCUT2D eigenvalue weighted by atomic mass is 16.4. The number of fused-ring (bicyclic) bond motifs is 1. The number of aliphatic carboxylic acids is 1. The molecule has 0 saturated heterocycles. The number of para-hydroxylation sites is 1. The molecule has 0 spiro atoms. The lowest BCUT2D eigenvalue weighted by Gasteiger charge is -2.29. The first-order valence-electron chi connectivity index (χ1n) is 31.3. The lowest BCUT2D eigenvalue weighted by atomic mass is 9.96. The number of carboxylic acids is 1. The van der Waals surface area contributed by atoms with Crippen molar-refractivity contribution in [2.24, 2.45) is 40.7 Å². The van der Waals surface area contributed by atoms with Gasteiger partial charge in [-0.3, -0.25) is 71.9 Å². The molecule has 3 rings (SSSR count). The van der Waals surface area contributed by atoms with Gasteiger partial charge in [0.2, 0.25) is 82.7 Å². The van der Waals surface area contributed by atoms with Crippen LogP contribution in [0.15, 0.2) is 43.0 Å². The van der Waals surface area contributed by atoms with Gasteiger partial charge in [-0.1, -0.05) is 66.2 Å². The fourth-order valence-electron chi connectivity index (χ4n) is 9.68. The molecule has 38 nitrogen and oxygen atoms in total. The van der Waals surface area contributed by atoms with Crippen molar-refractivity contribution in [1.29, 1.82) is 0 Å². The average molecular weight is 1380 g/mol. The van der Waals surface area contributed by atoms with Gasteiger partial charge in [0.1, 0.15) is 60.4 Å². The Kier molecular flexibility index (Phi) is 32.8. The molecule has 540 valence electrons. The Hall–Kier alpha value is -10.6. The number of aliphatic hydroxyl groups is 2. The monoisotopic (exact) mass is 1380 g/mol. The molecule has 98 heavy (non-hydrogen) atoms. The van der Waals surface area contributed by atoms with Crippen molar-refractivity contribution in [3.05, 3.63) is 54.2 Å². The summed E-state index contributed by atoms with van der Waals surface area (Å²) in [5.74, 6) is -19.1. The fraction of sp³-hybridized carbons (Fsp3) is 0.550. The van der Waals surface area contributed by atoms with E-state index in [1.54, 1.807) is 58.2 Å². The standard InChI is InChI=1S/C60H91N19O19/c1-8-28(6)48(78-53(90)35(15-26(2)3)71-50(87)33(61)13-14-42(62)82)58(95)75-39(19-44(64)84)55(92)79-49(29(7)81)59(96)74-38(18-43(63)83)51(88)68-23-46(86)70-41(24-80)56(93)72-36(16-30-21-67-34-12-10-9-11-32(30)34)52(89)73-37(17-31-22-66-25-69-31)54(91)77-47(27(4)5)57(94)76-40(60(97)98)20-45(65)85/h9-12,21-22,25-29,33,35-41,47-49,67,80-81H,8,13-20,23-24,61H2,1-7H3,(H2,62,82)(H2,63,83)(H2,64,84)(H2,65,85)(H,66,69)(H,68,88)(H,70,86)(H,71,87)(H,72,93)(H,73,89)(H,74,96)(H,75,95)(H,76,94)(H,77,91)(H,78,90)(H,79,92)(H,97,98)/p+1/t28-,29+,33-,35-,36-,37-,38-,39-,40-,41-,47-,48-,49-/m0/s1. The number of imidazole rings is 1. The number of primary amides is 4. The first kappa shape index (κ1) is 81.6. The SMILES string of the molecule is CC[C@H](C)[C@H](NC(=O)[C@H](CC(C)C)NC(=O)[C@@H]([NH3+])CCC(N)=O)C(=O)N[C@@H](CC(N)=O)C(=O)N[C@H](C(=O)N[C@@H](CC(N)=O)C(=O)NCC(=O)N[C@@H](CO)C(=O)N[C@@H](Cc1c[nH]c2ccccc12)C(=O)N[C@@H](Cc1cnc[nH]1)C(=O)N[C@H](C(=O)N[C@@H](CC(N)=O)C(=O)O)C(C)C)[C@@H](C)O. The summed E-state index contributed by atoms with van der Waals surface area (Å²) < 4.78 is 0. The van der Waals surface area contributed by atoms with Crippen LogP contribution >= 0.6 is 0 Å². The van der Waals surface area contributed by atoms with Crippen LogP contribution in [-0.2, 0) is 89.6 Å². The molecule has 0 bridgehead atoms. The van der Waals surface area contributed by atoms with E-state index in [9.17, 15) is 92.0 Å². The Bertz CT molecular complexity index is 3340. The van der Waals surface area contributed by atoms with Crippen LogP contribution in [0.5, 0.6) is 0 Å². The molecule has 0 aliphatic rings. The van der Waals surface area contributed by atoms with Crippen molar-refractivity contribution in [1.82, 2.24) is 73.4 Å². The third-order valence-corrected chi connectivity index (χ3v) is 15.3. The number of quaternary nitrogens is 1. The number of hydrogen-bond acceptors (Lipinski definition) is 19. The predicted molar refractivity (Wildman–Crippen MR) is 343 cm³/mol. The number of rotatable bonds is 43. The van der Waals surface area contributed by atoms with E-state index in [0.717, 1.165) is 6.92 Å². The number of carbonyl (C=O) groups is 16. The number of nitrogens with two attached hydrogens (primary N) is 4. The first-order valence-corrected chi connectivity index (χ1v) is 31.3. The molecule has 15 amide bonds. The summed E-state index contributed by atoms with van der Waals surface area (Å²) >= 11 is 0. The minimum absolute atomic E-state index is 0.0187. The molecule has 38 heteroatoms. The molecular weight excluding hydrogens is 1290 g/mol. The highest BCUT2D eigenvalue weighted by molar-refractivity contribution is 6.01. The van der Waals surface area contributed by atoms with Crippen LogP contribution in [0, 0.1) is 17.8 Å². The summed E-state index contributed by atoms with van der Waals surface area (Å²) in [5, 5.41) is 57.2. The number of aromatic nitrogens is 3. The molecule has 13 atom stereocenters. The van der Waals surface area contributed by atoms with Gasteiger partial charge in [0.05, 0.1) is 44.8 Å². The maximum absolute atomic E-state index is 14.5. The zero-order valence-corrected chi connectivity index (χ0v) is 55.3. The highest BCUT2D eigenvalue weighted by Crippen LogP contribution is 2.20. The number of amides is 15.